The molecule has 2 aromatic carbocycles. The third-order valence-electron chi connectivity index (χ3n) is 4.20. The molecule has 3 rings (SSSR count). The number of carbonyl (C=O) groups is 4. The van der Waals surface area contributed by atoms with Crippen LogP contribution in [0.15, 0.2) is 48.5 Å². The molecule has 0 spiro atoms. The SMILES string of the molecule is O=C(CCCN1C(=O)c2ccccc2C1=O)NNC(=O)COc1ccccc1F. The maximum absolute atomic E-state index is 13.4. The zero-order valence-electron chi connectivity index (χ0n) is 15.3. The van der Waals surface area contributed by atoms with Gasteiger partial charge in [-0.2, -0.15) is 0 Å². The van der Waals surface area contributed by atoms with E-state index in [9.17, 15) is 23.6 Å². The monoisotopic (exact) mass is 399 g/mol. The van der Waals surface area contributed by atoms with Crippen LogP contribution in [-0.4, -0.2) is 41.7 Å². The molecule has 2 N–H and O–H groups in total. The van der Waals surface area contributed by atoms with Gasteiger partial charge in [-0.1, -0.05) is 24.3 Å². The van der Waals surface area contributed by atoms with E-state index < -0.39 is 24.2 Å². The number of ether oxygens (including phenoxy) is 1. The average Bonchev–Trinajstić information content (AvgIpc) is 2.97. The Balaban J connectivity index is 1.36. The van der Waals surface area contributed by atoms with Crippen LogP contribution in [-0.2, 0) is 9.59 Å². The quantitative estimate of drug-likeness (QED) is 0.541. The number of nitrogens with zero attached hydrogens (tertiary/aromatic N) is 1. The number of nitrogens with one attached hydrogen (secondary N) is 2. The Labute approximate surface area is 165 Å². The maximum atomic E-state index is 13.4. The van der Waals surface area contributed by atoms with Crippen LogP contribution in [0.25, 0.3) is 0 Å². The van der Waals surface area contributed by atoms with Crippen molar-refractivity contribution in [1.82, 2.24) is 15.8 Å². The molecule has 0 unspecified atom stereocenters. The van der Waals surface area contributed by atoms with Gasteiger partial charge in [0, 0.05) is 13.0 Å². The molecule has 8 nitrogen and oxygen atoms in total. The van der Waals surface area contributed by atoms with Crippen LogP contribution in [0.2, 0.25) is 0 Å². The average molecular weight is 399 g/mol. The second-order valence-electron chi connectivity index (χ2n) is 6.23. The molecule has 0 radical (unpaired) electrons. The molecule has 1 aliphatic heterocycles. The van der Waals surface area contributed by atoms with Crippen molar-refractivity contribution in [2.45, 2.75) is 12.8 Å². The number of amides is 4. The smallest absolute Gasteiger partial charge is 0.276 e. The second kappa shape index (κ2) is 8.96. The number of halogens is 1. The molecular formula is C20H18FN3O5. The summed E-state index contributed by atoms with van der Waals surface area (Å²) >= 11 is 0. The highest BCUT2D eigenvalue weighted by Gasteiger charge is 2.34. The van der Waals surface area contributed by atoms with E-state index in [-0.39, 0.29) is 37.0 Å². The highest BCUT2D eigenvalue weighted by atomic mass is 19.1. The zero-order valence-corrected chi connectivity index (χ0v) is 15.3. The fraction of sp³-hybridized carbons (Fsp3) is 0.200. The van der Waals surface area contributed by atoms with Crippen molar-refractivity contribution in [3.8, 4) is 5.75 Å². The predicted molar refractivity (Wildman–Crippen MR) is 99.2 cm³/mol. The minimum Gasteiger partial charge on any atom is -0.481 e. The molecule has 0 saturated heterocycles. The van der Waals surface area contributed by atoms with Crippen LogP contribution in [0.3, 0.4) is 0 Å². The second-order valence-corrected chi connectivity index (χ2v) is 6.23. The molecule has 0 bridgehead atoms. The van der Waals surface area contributed by atoms with E-state index in [1.165, 1.54) is 18.2 Å². The molecule has 1 aliphatic rings. The van der Waals surface area contributed by atoms with Gasteiger partial charge in [-0.3, -0.25) is 34.9 Å². The van der Waals surface area contributed by atoms with Gasteiger partial charge >= 0.3 is 0 Å². The van der Waals surface area contributed by atoms with Gasteiger partial charge in [0.05, 0.1) is 11.1 Å². The van der Waals surface area contributed by atoms with Crippen molar-refractivity contribution in [3.05, 3.63) is 65.5 Å². The number of benzene rings is 2. The van der Waals surface area contributed by atoms with Gasteiger partial charge < -0.3 is 4.74 Å². The summed E-state index contributed by atoms with van der Waals surface area (Å²) in [5, 5.41) is 0. The van der Waals surface area contributed by atoms with Crippen molar-refractivity contribution in [1.29, 1.82) is 0 Å². The Kier molecular flexibility index (Phi) is 6.18. The van der Waals surface area contributed by atoms with Crippen molar-refractivity contribution in [3.63, 3.8) is 0 Å². The Hall–Kier alpha value is -3.75. The van der Waals surface area contributed by atoms with Crippen molar-refractivity contribution < 1.29 is 28.3 Å². The summed E-state index contributed by atoms with van der Waals surface area (Å²) < 4.78 is 18.4. The van der Waals surface area contributed by atoms with E-state index in [0.29, 0.717) is 11.1 Å². The largest absolute Gasteiger partial charge is 0.481 e. The first-order chi connectivity index (χ1) is 14.0. The van der Waals surface area contributed by atoms with E-state index in [1.807, 2.05) is 0 Å². The number of rotatable bonds is 7. The number of para-hydroxylation sites is 1. The minimum atomic E-state index is -0.665. The van der Waals surface area contributed by atoms with Crippen LogP contribution in [0.1, 0.15) is 33.6 Å². The van der Waals surface area contributed by atoms with Gasteiger partial charge in [-0.25, -0.2) is 4.39 Å². The number of fused-ring (bicyclic) bond motifs is 1. The lowest BCUT2D eigenvalue weighted by molar-refractivity contribution is -0.130. The Bertz CT molecular complexity index is 928. The van der Waals surface area contributed by atoms with Gasteiger partial charge in [0.1, 0.15) is 0 Å². The van der Waals surface area contributed by atoms with Crippen molar-refractivity contribution in [2.75, 3.05) is 13.2 Å². The molecule has 150 valence electrons. The highest BCUT2D eigenvalue weighted by molar-refractivity contribution is 6.21. The number of carbonyl (C=O) groups excluding carboxylic acids is 4. The normalized spacial score (nSPS) is 12.5. The summed E-state index contributed by atoms with van der Waals surface area (Å²) in [6.45, 7) is -0.389. The van der Waals surface area contributed by atoms with E-state index in [2.05, 4.69) is 10.9 Å². The molecule has 4 amide bonds. The molecule has 0 atom stereocenters. The van der Waals surface area contributed by atoms with Gasteiger partial charge in [-0.05, 0) is 30.7 Å². The Morgan fingerprint density at radius 3 is 2.14 bits per heavy atom. The summed E-state index contributed by atoms with van der Waals surface area (Å²) in [4.78, 5) is 49.0. The number of hydrogen-bond acceptors (Lipinski definition) is 5. The first kappa shape index (κ1) is 20.0. The fourth-order valence-electron chi connectivity index (χ4n) is 2.78. The van der Waals surface area contributed by atoms with E-state index in [0.717, 1.165) is 4.90 Å². The third kappa shape index (κ3) is 4.75. The highest BCUT2D eigenvalue weighted by Crippen LogP contribution is 2.22. The van der Waals surface area contributed by atoms with Gasteiger partial charge in [0.15, 0.2) is 18.2 Å². The predicted octanol–water partition coefficient (Wildman–Crippen LogP) is 1.43. The molecule has 2 aromatic rings. The summed E-state index contributed by atoms with van der Waals surface area (Å²) in [6.07, 6.45) is 0.223. The Morgan fingerprint density at radius 1 is 0.897 bits per heavy atom. The molecule has 9 heteroatoms. The molecular weight excluding hydrogens is 381 g/mol. The third-order valence-corrected chi connectivity index (χ3v) is 4.20. The van der Waals surface area contributed by atoms with Crippen LogP contribution in [0, 0.1) is 5.82 Å². The molecule has 0 fully saturated rings. The molecule has 1 heterocycles. The lowest BCUT2D eigenvalue weighted by Gasteiger charge is -2.13. The van der Waals surface area contributed by atoms with E-state index >= 15 is 0 Å². The van der Waals surface area contributed by atoms with Crippen LogP contribution in [0.4, 0.5) is 4.39 Å². The summed E-state index contributed by atoms with van der Waals surface area (Å²) in [5.74, 6) is -2.61. The van der Waals surface area contributed by atoms with E-state index in [4.69, 9.17) is 4.74 Å². The van der Waals surface area contributed by atoms with Crippen LogP contribution in [0.5, 0.6) is 5.75 Å². The molecule has 29 heavy (non-hydrogen) atoms. The summed E-state index contributed by atoms with van der Waals surface area (Å²) in [5.41, 5.74) is 5.05. The molecule has 0 saturated carbocycles. The number of imide groups is 1. The lowest BCUT2D eigenvalue weighted by atomic mass is 10.1. The fourth-order valence-corrected chi connectivity index (χ4v) is 2.78. The van der Waals surface area contributed by atoms with Crippen molar-refractivity contribution in [2.24, 2.45) is 0 Å². The Morgan fingerprint density at radius 2 is 1.48 bits per heavy atom. The molecule has 0 aromatic heterocycles. The first-order valence-corrected chi connectivity index (χ1v) is 8.87. The van der Waals surface area contributed by atoms with Crippen LogP contribution >= 0.6 is 0 Å². The van der Waals surface area contributed by atoms with Gasteiger partial charge in [0.25, 0.3) is 17.7 Å². The van der Waals surface area contributed by atoms with Gasteiger partial charge in [-0.15, -0.1) is 0 Å². The summed E-state index contributed by atoms with van der Waals surface area (Å²) in [6, 6.07) is 12.2. The lowest BCUT2D eigenvalue weighted by Crippen LogP contribution is -2.44. The van der Waals surface area contributed by atoms with Gasteiger partial charge in [0.2, 0.25) is 5.91 Å². The minimum absolute atomic E-state index is 0.0120. The van der Waals surface area contributed by atoms with Crippen LogP contribution < -0.4 is 15.6 Å². The first-order valence-electron chi connectivity index (χ1n) is 8.87. The van der Waals surface area contributed by atoms with Crippen molar-refractivity contribution >= 4 is 23.6 Å². The number of hydrogen-bond donors (Lipinski definition) is 2. The maximum Gasteiger partial charge on any atom is 0.276 e. The zero-order chi connectivity index (χ0) is 20.8. The topological polar surface area (TPSA) is 105 Å². The summed E-state index contributed by atoms with van der Waals surface area (Å²) in [7, 11) is 0. The number of hydrazine groups is 1. The molecule has 0 aliphatic carbocycles. The van der Waals surface area contributed by atoms with E-state index in [1.54, 1.807) is 30.3 Å². The standard InChI is InChI=1S/C20H18FN3O5/c21-15-8-3-4-9-16(15)29-12-18(26)23-22-17(25)10-5-11-24-19(27)13-6-1-2-7-14(13)20(24)28/h1-4,6-9H,5,10-12H2,(H,22,25)(H,23,26).